The van der Waals surface area contributed by atoms with Gasteiger partial charge in [0.1, 0.15) is 0 Å². The molecule has 106 valence electrons. The second kappa shape index (κ2) is 6.00. The zero-order valence-electron chi connectivity index (χ0n) is 11.7. The third-order valence-corrected chi connectivity index (χ3v) is 3.74. The second-order valence-electron chi connectivity index (χ2n) is 5.21. The second-order valence-corrected chi connectivity index (χ2v) is 5.21. The molecule has 0 spiro atoms. The number of hydrogen-bond acceptors (Lipinski definition) is 5. The number of nitrogens with one attached hydrogen (secondary N) is 1. The summed E-state index contributed by atoms with van der Waals surface area (Å²) in [6, 6.07) is 2.33. The van der Waals surface area contributed by atoms with Gasteiger partial charge in [0.2, 0.25) is 5.95 Å². The highest BCUT2D eigenvalue weighted by Crippen LogP contribution is 2.15. The molecule has 1 aliphatic heterocycles. The van der Waals surface area contributed by atoms with Crippen LogP contribution in [-0.4, -0.2) is 38.7 Å². The first kappa shape index (κ1) is 13.1. The van der Waals surface area contributed by atoms with E-state index in [2.05, 4.69) is 25.2 Å². The Hall–Kier alpha value is -1.95. The number of aryl methyl sites for hydroxylation is 1. The van der Waals surface area contributed by atoms with E-state index < -0.39 is 0 Å². The summed E-state index contributed by atoms with van der Waals surface area (Å²) in [7, 11) is 2.02. The van der Waals surface area contributed by atoms with E-state index in [-0.39, 0.29) is 0 Å². The Kier molecular flexibility index (Phi) is 3.92. The highest BCUT2D eigenvalue weighted by atomic mass is 15.3. The fourth-order valence-corrected chi connectivity index (χ4v) is 2.58. The van der Waals surface area contributed by atoms with E-state index in [1.807, 2.05) is 30.2 Å². The Bertz CT molecular complexity index is 538. The van der Waals surface area contributed by atoms with Gasteiger partial charge in [-0.3, -0.25) is 0 Å². The Morgan fingerprint density at radius 1 is 1.35 bits per heavy atom. The molecule has 0 aromatic carbocycles. The van der Waals surface area contributed by atoms with Crippen molar-refractivity contribution in [1.29, 1.82) is 0 Å². The van der Waals surface area contributed by atoms with Gasteiger partial charge in [-0.25, -0.2) is 15.0 Å². The summed E-state index contributed by atoms with van der Waals surface area (Å²) in [5, 5.41) is 3.61. The number of anilines is 1. The molecular weight excluding hydrogens is 252 g/mol. The first-order chi connectivity index (χ1) is 9.83. The summed E-state index contributed by atoms with van der Waals surface area (Å²) in [5.41, 5.74) is 1.21. The maximum atomic E-state index is 4.33. The summed E-state index contributed by atoms with van der Waals surface area (Å²) in [5.74, 6) is 0.833. The SMILES string of the molecule is Cn1cncc1CNC1CCCN(c2ncccn2)C1. The molecule has 0 aliphatic carbocycles. The molecule has 6 nitrogen and oxygen atoms in total. The van der Waals surface area contributed by atoms with E-state index in [9.17, 15) is 0 Å². The number of aromatic nitrogens is 4. The maximum Gasteiger partial charge on any atom is 0.225 e. The Balaban J connectivity index is 1.57. The zero-order chi connectivity index (χ0) is 13.8. The highest BCUT2D eigenvalue weighted by Gasteiger charge is 2.21. The minimum absolute atomic E-state index is 0.474. The van der Waals surface area contributed by atoms with Gasteiger partial charge in [0.15, 0.2) is 0 Å². The van der Waals surface area contributed by atoms with Gasteiger partial charge in [-0.1, -0.05) is 0 Å². The molecule has 1 saturated heterocycles. The molecule has 1 atom stereocenters. The fourth-order valence-electron chi connectivity index (χ4n) is 2.58. The van der Waals surface area contributed by atoms with Crippen LogP contribution in [0.4, 0.5) is 5.95 Å². The van der Waals surface area contributed by atoms with Gasteiger partial charge in [-0.15, -0.1) is 0 Å². The number of nitrogens with zero attached hydrogens (tertiary/aromatic N) is 5. The first-order valence-corrected chi connectivity index (χ1v) is 7.03. The molecule has 1 fully saturated rings. The quantitative estimate of drug-likeness (QED) is 0.898. The van der Waals surface area contributed by atoms with E-state index in [1.165, 1.54) is 18.5 Å². The van der Waals surface area contributed by atoms with E-state index >= 15 is 0 Å². The van der Waals surface area contributed by atoms with Crippen LogP contribution in [0.3, 0.4) is 0 Å². The maximum absolute atomic E-state index is 4.33. The first-order valence-electron chi connectivity index (χ1n) is 7.03. The lowest BCUT2D eigenvalue weighted by molar-refractivity contribution is 0.414. The predicted octanol–water partition coefficient (Wildman–Crippen LogP) is 0.969. The van der Waals surface area contributed by atoms with Crippen LogP contribution in [0.5, 0.6) is 0 Å². The van der Waals surface area contributed by atoms with Crippen LogP contribution >= 0.6 is 0 Å². The number of hydrogen-bond donors (Lipinski definition) is 1. The largest absolute Gasteiger partial charge is 0.339 e. The van der Waals surface area contributed by atoms with Crippen molar-refractivity contribution in [3.05, 3.63) is 36.7 Å². The molecule has 6 heteroatoms. The summed E-state index contributed by atoms with van der Waals surface area (Å²) >= 11 is 0. The van der Waals surface area contributed by atoms with Crippen LogP contribution in [0.2, 0.25) is 0 Å². The van der Waals surface area contributed by atoms with Gasteiger partial charge in [-0.2, -0.15) is 0 Å². The van der Waals surface area contributed by atoms with E-state index in [0.717, 1.165) is 25.6 Å². The lowest BCUT2D eigenvalue weighted by atomic mass is 10.1. The minimum Gasteiger partial charge on any atom is -0.339 e. The van der Waals surface area contributed by atoms with Crippen LogP contribution in [0, 0.1) is 0 Å². The van der Waals surface area contributed by atoms with Gasteiger partial charge < -0.3 is 14.8 Å². The van der Waals surface area contributed by atoms with Crippen molar-refractivity contribution in [2.24, 2.45) is 7.05 Å². The molecule has 0 radical (unpaired) electrons. The molecule has 1 unspecified atom stereocenters. The lowest BCUT2D eigenvalue weighted by Crippen LogP contribution is -2.46. The molecule has 0 bridgehead atoms. The van der Waals surface area contributed by atoms with Crippen molar-refractivity contribution < 1.29 is 0 Å². The third kappa shape index (κ3) is 2.96. The molecule has 3 rings (SSSR count). The van der Waals surface area contributed by atoms with E-state index in [4.69, 9.17) is 0 Å². The molecular formula is C14H20N6. The van der Waals surface area contributed by atoms with Crippen LogP contribution in [0.15, 0.2) is 31.0 Å². The minimum atomic E-state index is 0.474. The highest BCUT2D eigenvalue weighted by molar-refractivity contribution is 5.29. The molecule has 3 heterocycles. The van der Waals surface area contributed by atoms with Crippen LogP contribution in [0.25, 0.3) is 0 Å². The average molecular weight is 272 g/mol. The van der Waals surface area contributed by atoms with Gasteiger partial charge >= 0.3 is 0 Å². The molecule has 20 heavy (non-hydrogen) atoms. The van der Waals surface area contributed by atoms with Crippen molar-refractivity contribution in [2.45, 2.75) is 25.4 Å². The predicted molar refractivity (Wildman–Crippen MR) is 77.3 cm³/mol. The number of piperidine rings is 1. The summed E-state index contributed by atoms with van der Waals surface area (Å²) in [6.07, 6.45) is 9.71. The topological polar surface area (TPSA) is 58.9 Å². The Morgan fingerprint density at radius 2 is 2.20 bits per heavy atom. The van der Waals surface area contributed by atoms with Crippen molar-refractivity contribution in [1.82, 2.24) is 24.8 Å². The van der Waals surface area contributed by atoms with Crippen molar-refractivity contribution in [2.75, 3.05) is 18.0 Å². The number of imidazole rings is 1. The smallest absolute Gasteiger partial charge is 0.225 e. The average Bonchev–Trinajstić information content (AvgIpc) is 2.92. The van der Waals surface area contributed by atoms with Gasteiger partial charge in [0, 0.05) is 51.3 Å². The fraction of sp³-hybridized carbons (Fsp3) is 0.500. The molecule has 2 aromatic rings. The lowest BCUT2D eigenvalue weighted by Gasteiger charge is -2.33. The Morgan fingerprint density at radius 3 is 2.95 bits per heavy atom. The van der Waals surface area contributed by atoms with Gasteiger partial charge in [0.25, 0.3) is 0 Å². The van der Waals surface area contributed by atoms with Gasteiger partial charge in [0.05, 0.1) is 12.0 Å². The van der Waals surface area contributed by atoms with Gasteiger partial charge in [-0.05, 0) is 18.9 Å². The molecule has 0 saturated carbocycles. The Labute approximate surface area is 118 Å². The summed E-state index contributed by atoms with van der Waals surface area (Å²) < 4.78 is 2.05. The summed E-state index contributed by atoms with van der Waals surface area (Å²) in [4.78, 5) is 15.1. The molecule has 1 aliphatic rings. The number of rotatable bonds is 4. The molecule has 1 N–H and O–H groups in total. The third-order valence-electron chi connectivity index (χ3n) is 3.74. The van der Waals surface area contributed by atoms with Crippen molar-refractivity contribution >= 4 is 5.95 Å². The monoisotopic (exact) mass is 272 g/mol. The van der Waals surface area contributed by atoms with Crippen LogP contribution in [-0.2, 0) is 13.6 Å². The van der Waals surface area contributed by atoms with E-state index in [1.54, 1.807) is 12.4 Å². The standard InChI is InChI=1S/C14H20N6/c1-19-11-15-8-13(19)9-18-12-4-2-7-20(10-12)14-16-5-3-6-17-14/h3,5-6,8,11-12,18H,2,4,7,9-10H2,1H3. The molecule has 2 aromatic heterocycles. The molecule has 0 amide bonds. The van der Waals surface area contributed by atoms with Crippen LogP contribution < -0.4 is 10.2 Å². The van der Waals surface area contributed by atoms with E-state index in [0.29, 0.717) is 6.04 Å². The summed E-state index contributed by atoms with van der Waals surface area (Å²) in [6.45, 7) is 2.85. The normalized spacial score (nSPS) is 19.2. The van der Waals surface area contributed by atoms with Crippen LogP contribution in [0.1, 0.15) is 18.5 Å². The van der Waals surface area contributed by atoms with Crippen molar-refractivity contribution in [3.8, 4) is 0 Å². The van der Waals surface area contributed by atoms with Crippen molar-refractivity contribution in [3.63, 3.8) is 0 Å². The zero-order valence-corrected chi connectivity index (χ0v) is 11.7.